The first-order valence-electron chi connectivity index (χ1n) is 10.1. The third-order valence-corrected chi connectivity index (χ3v) is 5.01. The third-order valence-electron chi connectivity index (χ3n) is 5.01. The lowest BCUT2D eigenvalue weighted by molar-refractivity contribution is -0.125. The van der Waals surface area contributed by atoms with Crippen LogP contribution in [0.15, 0.2) is 53.9 Å². The van der Waals surface area contributed by atoms with E-state index in [0.29, 0.717) is 23.6 Å². The minimum Gasteiger partial charge on any atom is -0.467 e. The summed E-state index contributed by atoms with van der Waals surface area (Å²) in [4.78, 5) is 18.3. The van der Waals surface area contributed by atoms with Crippen LogP contribution in [-0.4, -0.2) is 41.4 Å². The fraction of sp³-hybridized carbons (Fsp3) is 0.348. The van der Waals surface area contributed by atoms with Gasteiger partial charge in [0.25, 0.3) is 5.91 Å². The Balaban J connectivity index is 1.53. The highest BCUT2D eigenvalue weighted by atomic mass is 16.7. The van der Waals surface area contributed by atoms with E-state index in [-0.39, 0.29) is 18.2 Å². The minimum atomic E-state index is -0.734. The van der Waals surface area contributed by atoms with Crippen LogP contribution in [0.3, 0.4) is 0 Å². The highest BCUT2D eigenvalue weighted by Gasteiger charge is 2.31. The number of hydrogen-bond acceptors (Lipinski definition) is 6. The van der Waals surface area contributed by atoms with Crippen molar-refractivity contribution in [2.75, 3.05) is 19.2 Å². The minimum absolute atomic E-state index is 0.112. The summed E-state index contributed by atoms with van der Waals surface area (Å²) in [6.45, 7) is 6.23. The number of rotatable bonds is 6. The van der Waals surface area contributed by atoms with Gasteiger partial charge in [-0.15, -0.1) is 0 Å². The second kappa shape index (κ2) is 8.39. The van der Waals surface area contributed by atoms with Gasteiger partial charge in [-0.05, 0) is 37.6 Å². The van der Waals surface area contributed by atoms with Gasteiger partial charge in [-0.1, -0.05) is 35.5 Å². The Morgan fingerprint density at radius 1 is 1.26 bits per heavy atom. The van der Waals surface area contributed by atoms with Crippen molar-refractivity contribution in [2.24, 2.45) is 5.16 Å². The monoisotopic (exact) mass is 422 g/mol. The van der Waals surface area contributed by atoms with Crippen molar-refractivity contribution in [1.29, 1.82) is 0 Å². The zero-order chi connectivity index (χ0) is 22.0. The highest BCUT2D eigenvalue weighted by molar-refractivity contribution is 6.15. The van der Waals surface area contributed by atoms with E-state index in [1.165, 1.54) is 0 Å². The zero-order valence-electron chi connectivity index (χ0n) is 18.1. The first-order valence-corrected chi connectivity index (χ1v) is 10.1. The molecule has 0 saturated heterocycles. The van der Waals surface area contributed by atoms with Crippen molar-refractivity contribution in [3.05, 3.63) is 54.4 Å². The van der Waals surface area contributed by atoms with Crippen LogP contribution in [-0.2, 0) is 19.9 Å². The number of ether oxygens (including phenoxy) is 2. The van der Waals surface area contributed by atoms with E-state index in [1.54, 1.807) is 24.2 Å². The van der Waals surface area contributed by atoms with E-state index in [0.717, 1.165) is 16.3 Å². The maximum atomic E-state index is 12.8. The topological polar surface area (TPSA) is 87.0 Å². The van der Waals surface area contributed by atoms with Crippen LogP contribution in [0.2, 0.25) is 0 Å². The van der Waals surface area contributed by atoms with Gasteiger partial charge in [0.15, 0.2) is 6.79 Å². The summed E-state index contributed by atoms with van der Waals surface area (Å²) in [7, 11) is 1.57. The van der Waals surface area contributed by atoms with Gasteiger partial charge in [0.05, 0.1) is 23.1 Å². The molecule has 0 bridgehead atoms. The molecule has 31 heavy (non-hydrogen) atoms. The molecule has 1 amide bonds. The van der Waals surface area contributed by atoms with Crippen LogP contribution in [0, 0.1) is 0 Å². The molecule has 4 rings (SSSR count). The van der Waals surface area contributed by atoms with Crippen LogP contribution in [0.5, 0.6) is 5.75 Å². The highest BCUT2D eigenvalue weighted by Crippen LogP contribution is 2.32. The normalized spacial score (nSPS) is 16.1. The summed E-state index contributed by atoms with van der Waals surface area (Å²) >= 11 is 0. The number of anilines is 1. The predicted octanol–water partition coefficient (Wildman–Crippen LogP) is 3.91. The number of fused-ring (bicyclic) bond motifs is 1. The number of nitrogens with one attached hydrogen (secondary N) is 1. The van der Waals surface area contributed by atoms with Gasteiger partial charge in [-0.25, -0.2) is 0 Å². The average molecular weight is 422 g/mol. The van der Waals surface area contributed by atoms with E-state index in [9.17, 15) is 4.79 Å². The van der Waals surface area contributed by atoms with Crippen molar-refractivity contribution in [3.8, 4) is 5.75 Å². The molecule has 2 heterocycles. The first-order chi connectivity index (χ1) is 14.9. The molecule has 1 unspecified atom stereocenters. The molecular weight excluding hydrogens is 396 g/mol. The summed E-state index contributed by atoms with van der Waals surface area (Å²) in [5.41, 5.74) is 1.92. The van der Waals surface area contributed by atoms with Crippen molar-refractivity contribution < 1.29 is 19.1 Å². The van der Waals surface area contributed by atoms with Gasteiger partial charge in [0.2, 0.25) is 6.10 Å². The average Bonchev–Trinajstić information content (AvgIpc) is 3.41. The maximum Gasteiger partial charge on any atom is 0.268 e. The second-order valence-electron chi connectivity index (χ2n) is 8.38. The van der Waals surface area contributed by atoms with Gasteiger partial charge in [-0.3, -0.25) is 9.48 Å². The van der Waals surface area contributed by atoms with Crippen molar-refractivity contribution in [2.45, 2.75) is 38.8 Å². The lowest BCUT2D eigenvalue weighted by Crippen LogP contribution is -2.28. The van der Waals surface area contributed by atoms with Gasteiger partial charge in [0.1, 0.15) is 5.75 Å². The van der Waals surface area contributed by atoms with Crippen molar-refractivity contribution in [1.82, 2.24) is 9.78 Å². The molecule has 162 valence electrons. The van der Waals surface area contributed by atoms with E-state index in [1.807, 2.05) is 57.2 Å². The van der Waals surface area contributed by atoms with E-state index in [2.05, 4.69) is 15.6 Å². The maximum absolute atomic E-state index is 12.8. The van der Waals surface area contributed by atoms with Crippen LogP contribution in [0.4, 0.5) is 5.69 Å². The molecule has 1 atom stereocenters. The summed E-state index contributed by atoms with van der Waals surface area (Å²) in [6.07, 6.45) is 3.02. The molecule has 1 aliphatic heterocycles. The Labute approximate surface area is 180 Å². The standard InChI is InChI=1S/C23H26N4O4/c1-23(2,3)27-13-16(12-24-27)25-22(28)20-11-18(26-31-20)21-17-8-6-5-7-15(17)9-10-19(21)30-14-29-4/h5-10,12-13,20H,11,14H2,1-4H3,(H,25,28). The van der Waals surface area contributed by atoms with E-state index < -0.39 is 6.10 Å². The molecule has 0 spiro atoms. The van der Waals surface area contributed by atoms with Crippen LogP contribution in [0.1, 0.15) is 32.8 Å². The first kappa shape index (κ1) is 20.9. The predicted molar refractivity (Wildman–Crippen MR) is 118 cm³/mol. The van der Waals surface area contributed by atoms with Gasteiger partial charge in [0, 0.05) is 25.3 Å². The number of carbonyl (C=O) groups excluding carboxylic acids is 1. The quantitative estimate of drug-likeness (QED) is 0.609. The summed E-state index contributed by atoms with van der Waals surface area (Å²) in [5.74, 6) is 0.363. The Bertz CT molecular complexity index is 1130. The van der Waals surface area contributed by atoms with Crippen molar-refractivity contribution in [3.63, 3.8) is 0 Å². The fourth-order valence-electron chi connectivity index (χ4n) is 3.43. The number of carbonyl (C=O) groups is 1. The SMILES string of the molecule is COCOc1ccc2ccccc2c1C1=NOC(C(=O)Nc2cnn(C(C)(C)C)c2)C1. The Hall–Kier alpha value is -3.39. The summed E-state index contributed by atoms with van der Waals surface area (Å²) in [6, 6.07) is 11.8. The number of benzene rings is 2. The largest absolute Gasteiger partial charge is 0.467 e. The third kappa shape index (κ3) is 4.39. The molecule has 1 aromatic heterocycles. The number of amides is 1. The zero-order valence-corrected chi connectivity index (χ0v) is 18.1. The molecule has 8 nitrogen and oxygen atoms in total. The Morgan fingerprint density at radius 3 is 2.81 bits per heavy atom. The second-order valence-corrected chi connectivity index (χ2v) is 8.38. The summed E-state index contributed by atoms with van der Waals surface area (Å²) in [5, 5.41) is 13.4. The molecule has 3 aromatic rings. The molecule has 2 aromatic carbocycles. The lowest BCUT2D eigenvalue weighted by Gasteiger charge is -2.18. The van der Waals surface area contributed by atoms with E-state index in [4.69, 9.17) is 14.3 Å². The molecule has 0 saturated carbocycles. The number of methoxy groups -OCH3 is 1. The smallest absolute Gasteiger partial charge is 0.268 e. The number of oxime groups is 1. The molecule has 0 radical (unpaired) electrons. The fourth-order valence-corrected chi connectivity index (χ4v) is 3.43. The molecule has 0 fully saturated rings. The van der Waals surface area contributed by atoms with Gasteiger partial charge in [-0.2, -0.15) is 5.10 Å². The number of aromatic nitrogens is 2. The number of hydrogen-bond donors (Lipinski definition) is 1. The molecule has 1 aliphatic rings. The Morgan fingerprint density at radius 2 is 2.06 bits per heavy atom. The van der Waals surface area contributed by atoms with Crippen LogP contribution >= 0.6 is 0 Å². The molecule has 0 aliphatic carbocycles. The van der Waals surface area contributed by atoms with Gasteiger partial charge >= 0.3 is 0 Å². The lowest BCUT2D eigenvalue weighted by atomic mass is 9.97. The van der Waals surface area contributed by atoms with Crippen molar-refractivity contribution >= 4 is 28.1 Å². The van der Waals surface area contributed by atoms with Gasteiger partial charge < -0.3 is 19.6 Å². The van der Waals surface area contributed by atoms with E-state index >= 15 is 0 Å². The molecule has 8 heteroatoms. The molecule has 1 N–H and O–H groups in total. The van der Waals surface area contributed by atoms with Crippen LogP contribution in [0.25, 0.3) is 10.8 Å². The number of nitrogens with zero attached hydrogens (tertiary/aromatic N) is 3. The van der Waals surface area contributed by atoms with Crippen LogP contribution < -0.4 is 10.1 Å². The summed E-state index contributed by atoms with van der Waals surface area (Å²) < 4.78 is 12.6. The Kier molecular flexibility index (Phi) is 5.65. The molecular formula is C23H26N4O4.